The van der Waals surface area contributed by atoms with Gasteiger partial charge in [-0.3, -0.25) is 19.8 Å². The van der Waals surface area contributed by atoms with Crippen molar-refractivity contribution in [3.63, 3.8) is 0 Å². The summed E-state index contributed by atoms with van der Waals surface area (Å²) in [5.74, 6) is -0.0393. The molecule has 1 aromatic carbocycles. The minimum Gasteiger partial charge on any atom is -0.352 e. The summed E-state index contributed by atoms with van der Waals surface area (Å²) in [5.41, 5.74) is -0.424. The fourth-order valence-electron chi connectivity index (χ4n) is 3.01. The first kappa shape index (κ1) is 18.7. The highest BCUT2D eigenvalue weighted by atomic mass is 32.2. The molecule has 1 aliphatic heterocycles. The molecule has 10 heteroatoms. The monoisotopic (exact) mass is 382 g/mol. The van der Waals surface area contributed by atoms with Crippen LogP contribution < -0.4 is 5.32 Å². The molecule has 1 aliphatic carbocycles. The molecule has 0 unspecified atom stereocenters. The number of hydrogen-bond donors (Lipinski definition) is 1. The van der Waals surface area contributed by atoms with E-state index >= 15 is 0 Å². The first-order valence-electron chi connectivity index (χ1n) is 8.58. The Hall–Kier alpha value is -2.04. The average molecular weight is 382 g/mol. The lowest BCUT2D eigenvalue weighted by atomic mass is 10.2. The summed E-state index contributed by atoms with van der Waals surface area (Å²) >= 11 is 0. The molecule has 9 nitrogen and oxygen atoms in total. The maximum absolute atomic E-state index is 12.8. The van der Waals surface area contributed by atoms with Crippen molar-refractivity contribution >= 4 is 21.6 Å². The molecule has 3 rings (SSSR count). The third-order valence-electron chi connectivity index (χ3n) is 4.80. The molecule has 1 heterocycles. The number of benzene rings is 1. The van der Waals surface area contributed by atoms with E-state index in [4.69, 9.17) is 0 Å². The Bertz CT molecular complexity index is 801. The molecular weight excluding hydrogens is 360 g/mol. The summed E-state index contributed by atoms with van der Waals surface area (Å²) in [6, 6.07) is 5.31. The molecule has 1 saturated heterocycles. The van der Waals surface area contributed by atoms with Crippen molar-refractivity contribution < 1.29 is 18.1 Å². The van der Waals surface area contributed by atoms with Gasteiger partial charge in [-0.15, -0.1) is 0 Å². The Morgan fingerprint density at radius 1 is 1.23 bits per heavy atom. The molecule has 0 spiro atoms. The number of nitrogens with one attached hydrogen (secondary N) is 1. The van der Waals surface area contributed by atoms with Gasteiger partial charge in [0.2, 0.25) is 15.9 Å². The lowest BCUT2D eigenvalue weighted by molar-refractivity contribution is -0.387. The Labute approximate surface area is 152 Å². The van der Waals surface area contributed by atoms with E-state index in [2.05, 4.69) is 5.32 Å². The number of hydrogen-bond acceptors (Lipinski definition) is 6. The van der Waals surface area contributed by atoms with Crippen LogP contribution in [0.4, 0.5) is 5.69 Å². The second-order valence-corrected chi connectivity index (χ2v) is 8.53. The van der Waals surface area contributed by atoms with Gasteiger partial charge >= 0.3 is 0 Å². The third-order valence-corrected chi connectivity index (χ3v) is 6.75. The number of carbonyl (C=O) groups is 1. The summed E-state index contributed by atoms with van der Waals surface area (Å²) in [6.07, 6.45) is 2.03. The Balaban J connectivity index is 1.67. The van der Waals surface area contributed by atoms with Crippen molar-refractivity contribution in [1.29, 1.82) is 0 Å². The predicted molar refractivity (Wildman–Crippen MR) is 94.1 cm³/mol. The Morgan fingerprint density at radius 3 is 2.42 bits per heavy atom. The highest BCUT2D eigenvalue weighted by Crippen LogP contribution is 2.27. The third kappa shape index (κ3) is 3.87. The van der Waals surface area contributed by atoms with Crippen molar-refractivity contribution in [3.05, 3.63) is 34.4 Å². The van der Waals surface area contributed by atoms with Gasteiger partial charge in [0.05, 0.1) is 11.0 Å². The molecule has 1 aromatic rings. The molecule has 0 bridgehead atoms. The van der Waals surface area contributed by atoms with E-state index in [1.54, 1.807) is 0 Å². The second-order valence-electron chi connectivity index (χ2n) is 6.62. The zero-order valence-electron chi connectivity index (χ0n) is 14.5. The molecule has 1 amide bonds. The maximum atomic E-state index is 12.8. The number of piperazine rings is 1. The molecule has 2 aliphatic rings. The zero-order chi connectivity index (χ0) is 18.9. The number of sulfonamides is 1. The summed E-state index contributed by atoms with van der Waals surface area (Å²) in [4.78, 5) is 24.2. The van der Waals surface area contributed by atoms with Crippen LogP contribution in [0.25, 0.3) is 0 Å². The number of nitro groups is 1. The standard InChI is InChI=1S/C16H22N4O5S/c1-12(16(21)17-13-6-7-13)18-8-10-19(11-9-18)26(24,25)15-5-3-2-4-14(15)20(22)23/h2-5,12-13H,6-11H2,1H3,(H,17,21)/t12-/m1/s1. The van der Waals surface area contributed by atoms with Crippen LogP contribution in [0.2, 0.25) is 0 Å². The Kier molecular flexibility index (Phi) is 5.26. The van der Waals surface area contributed by atoms with E-state index in [0.29, 0.717) is 13.1 Å². The van der Waals surface area contributed by atoms with Crippen LogP contribution >= 0.6 is 0 Å². The molecule has 2 fully saturated rings. The quantitative estimate of drug-likeness (QED) is 0.568. The molecule has 0 radical (unpaired) electrons. The van der Waals surface area contributed by atoms with Gasteiger partial charge in [-0.2, -0.15) is 4.31 Å². The van der Waals surface area contributed by atoms with Crippen molar-refractivity contribution in [1.82, 2.24) is 14.5 Å². The maximum Gasteiger partial charge on any atom is 0.289 e. The fraction of sp³-hybridized carbons (Fsp3) is 0.562. The van der Waals surface area contributed by atoms with E-state index in [1.807, 2.05) is 11.8 Å². The number of nitrogens with zero attached hydrogens (tertiary/aromatic N) is 3. The predicted octanol–water partition coefficient (Wildman–Crippen LogP) is 0.568. The van der Waals surface area contributed by atoms with Crippen LogP contribution in [0.1, 0.15) is 19.8 Å². The van der Waals surface area contributed by atoms with Gasteiger partial charge in [-0.25, -0.2) is 8.42 Å². The van der Waals surface area contributed by atoms with Gasteiger partial charge in [0, 0.05) is 38.3 Å². The molecule has 26 heavy (non-hydrogen) atoms. The smallest absolute Gasteiger partial charge is 0.289 e. The summed E-state index contributed by atoms with van der Waals surface area (Å²) in [5, 5.41) is 14.1. The molecule has 0 aromatic heterocycles. The van der Waals surface area contributed by atoms with Gasteiger partial charge < -0.3 is 5.32 Å². The highest BCUT2D eigenvalue weighted by molar-refractivity contribution is 7.89. The topological polar surface area (TPSA) is 113 Å². The van der Waals surface area contributed by atoms with Crippen molar-refractivity contribution in [2.45, 2.75) is 36.7 Å². The van der Waals surface area contributed by atoms with Crippen molar-refractivity contribution in [3.8, 4) is 0 Å². The highest BCUT2D eigenvalue weighted by Gasteiger charge is 2.36. The van der Waals surface area contributed by atoms with Crippen LogP contribution in [-0.2, 0) is 14.8 Å². The molecule has 142 valence electrons. The fourth-order valence-corrected chi connectivity index (χ4v) is 4.59. The van der Waals surface area contributed by atoms with Gasteiger partial charge in [0.25, 0.3) is 5.69 Å². The normalized spacial score (nSPS) is 20.5. The van der Waals surface area contributed by atoms with Gasteiger partial charge in [0.15, 0.2) is 4.90 Å². The minimum absolute atomic E-state index is 0.0393. The molecule has 1 saturated carbocycles. The number of amides is 1. The average Bonchev–Trinajstić information content (AvgIpc) is 3.45. The lowest BCUT2D eigenvalue weighted by Crippen LogP contribution is -2.55. The zero-order valence-corrected chi connectivity index (χ0v) is 15.3. The largest absolute Gasteiger partial charge is 0.352 e. The minimum atomic E-state index is -3.95. The lowest BCUT2D eigenvalue weighted by Gasteiger charge is -2.36. The van der Waals surface area contributed by atoms with Crippen LogP contribution in [0.15, 0.2) is 29.2 Å². The van der Waals surface area contributed by atoms with Gasteiger partial charge in [-0.05, 0) is 25.8 Å². The molecule has 1 N–H and O–H groups in total. The van der Waals surface area contributed by atoms with Crippen LogP contribution in [0, 0.1) is 10.1 Å². The van der Waals surface area contributed by atoms with Gasteiger partial charge in [0.1, 0.15) is 0 Å². The van der Waals surface area contributed by atoms with Crippen molar-refractivity contribution in [2.24, 2.45) is 0 Å². The second kappa shape index (κ2) is 7.29. The van der Waals surface area contributed by atoms with E-state index in [0.717, 1.165) is 12.8 Å². The summed E-state index contributed by atoms with van der Waals surface area (Å²) in [7, 11) is -3.95. The van der Waals surface area contributed by atoms with Crippen molar-refractivity contribution in [2.75, 3.05) is 26.2 Å². The first-order valence-corrected chi connectivity index (χ1v) is 10.0. The first-order chi connectivity index (χ1) is 12.3. The summed E-state index contributed by atoms with van der Waals surface area (Å²) < 4.78 is 26.8. The van der Waals surface area contributed by atoms with E-state index in [1.165, 1.54) is 28.6 Å². The van der Waals surface area contributed by atoms with Gasteiger partial charge in [-0.1, -0.05) is 12.1 Å². The van der Waals surface area contributed by atoms with E-state index < -0.39 is 20.6 Å². The number of carbonyl (C=O) groups excluding carboxylic acids is 1. The molecular formula is C16H22N4O5S. The van der Waals surface area contributed by atoms with Crippen LogP contribution in [0.5, 0.6) is 0 Å². The number of nitro benzene ring substituents is 1. The summed E-state index contributed by atoms with van der Waals surface area (Å²) in [6.45, 7) is 2.99. The van der Waals surface area contributed by atoms with Crippen LogP contribution in [-0.4, -0.2) is 66.7 Å². The van der Waals surface area contributed by atoms with E-state index in [-0.39, 0.29) is 36.0 Å². The number of rotatable bonds is 6. The number of para-hydroxylation sites is 1. The van der Waals surface area contributed by atoms with E-state index in [9.17, 15) is 23.3 Å². The SMILES string of the molecule is C[C@H](C(=O)NC1CC1)N1CCN(S(=O)(=O)c2ccccc2[N+](=O)[O-])CC1. The Morgan fingerprint density at radius 2 is 1.85 bits per heavy atom. The van der Waals surface area contributed by atoms with Crippen LogP contribution in [0.3, 0.4) is 0 Å². The molecule has 1 atom stereocenters.